The lowest BCUT2D eigenvalue weighted by Crippen LogP contribution is -2.28. The number of benzene rings is 1. The van der Waals surface area contributed by atoms with E-state index < -0.39 is 10.0 Å². The molecule has 0 spiro atoms. The second-order valence-corrected chi connectivity index (χ2v) is 5.55. The van der Waals surface area contributed by atoms with Crippen LogP contribution in [-0.4, -0.2) is 26.7 Å². The second kappa shape index (κ2) is 4.95. The minimum absolute atomic E-state index is 0.0368. The number of aliphatic hydroxyl groups excluding tert-OH is 1. The Bertz CT molecular complexity index is 457. The number of rotatable bonds is 4. The van der Waals surface area contributed by atoms with Crippen molar-refractivity contribution in [1.82, 2.24) is 4.72 Å². The Balaban J connectivity index is 3.23. The Hall–Kier alpha value is -0.910. The van der Waals surface area contributed by atoms with Crippen LogP contribution < -0.4 is 4.72 Å². The van der Waals surface area contributed by atoms with Gasteiger partial charge in [0.1, 0.15) is 0 Å². The fraction of sp³-hybridized carbons (Fsp3) is 0.455. The molecular formula is C11H17NO3S. The van der Waals surface area contributed by atoms with Crippen molar-refractivity contribution in [3.63, 3.8) is 0 Å². The van der Waals surface area contributed by atoms with E-state index in [1.807, 2.05) is 19.1 Å². The zero-order valence-corrected chi connectivity index (χ0v) is 10.6. The van der Waals surface area contributed by atoms with Gasteiger partial charge in [-0.15, -0.1) is 0 Å². The van der Waals surface area contributed by atoms with E-state index >= 15 is 0 Å². The van der Waals surface area contributed by atoms with Crippen LogP contribution in [0, 0.1) is 20.8 Å². The molecule has 1 aromatic carbocycles. The van der Waals surface area contributed by atoms with Gasteiger partial charge in [0.15, 0.2) is 0 Å². The van der Waals surface area contributed by atoms with E-state index in [4.69, 9.17) is 5.11 Å². The largest absolute Gasteiger partial charge is 0.395 e. The van der Waals surface area contributed by atoms with Gasteiger partial charge in [-0.3, -0.25) is 0 Å². The average molecular weight is 243 g/mol. The highest BCUT2D eigenvalue weighted by atomic mass is 32.2. The molecule has 90 valence electrons. The van der Waals surface area contributed by atoms with E-state index in [-0.39, 0.29) is 13.2 Å². The number of aryl methyl sites for hydroxylation is 3. The molecule has 0 atom stereocenters. The molecule has 16 heavy (non-hydrogen) atoms. The number of nitrogens with one attached hydrogen (secondary N) is 1. The van der Waals surface area contributed by atoms with Crippen LogP contribution in [0.15, 0.2) is 17.0 Å². The molecular weight excluding hydrogens is 226 g/mol. The molecule has 4 nitrogen and oxygen atoms in total. The van der Waals surface area contributed by atoms with Gasteiger partial charge in [0.25, 0.3) is 0 Å². The minimum atomic E-state index is -3.51. The van der Waals surface area contributed by atoms with Gasteiger partial charge in [0.2, 0.25) is 10.0 Å². The Labute approximate surface area is 96.4 Å². The van der Waals surface area contributed by atoms with E-state index in [0.717, 1.165) is 16.7 Å². The van der Waals surface area contributed by atoms with E-state index in [2.05, 4.69) is 4.72 Å². The lowest BCUT2D eigenvalue weighted by molar-refractivity contribution is 0.301. The van der Waals surface area contributed by atoms with E-state index in [9.17, 15) is 8.42 Å². The van der Waals surface area contributed by atoms with Crippen molar-refractivity contribution in [2.24, 2.45) is 0 Å². The molecule has 1 aromatic rings. The third-order valence-electron chi connectivity index (χ3n) is 2.28. The summed E-state index contributed by atoms with van der Waals surface area (Å²) < 4.78 is 26.2. The van der Waals surface area contributed by atoms with Gasteiger partial charge in [-0.05, 0) is 31.9 Å². The topological polar surface area (TPSA) is 66.4 Å². The summed E-state index contributed by atoms with van der Waals surface area (Å²) in [6.07, 6.45) is 0. The van der Waals surface area contributed by atoms with Crippen molar-refractivity contribution in [1.29, 1.82) is 0 Å². The Morgan fingerprint density at radius 2 is 1.69 bits per heavy atom. The molecule has 0 aliphatic carbocycles. The highest BCUT2D eigenvalue weighted by Gasteiger charge is 2.18. The normalized spacial score (nSPS) is 11.8. The van der Waals surface area contributed by atoms with E-state index in [0.29, 0.717) is 4.90 Å². The third kappa shape index (κ3) is 2.81. The Morgan fingerprint density at radius 3 is 2.12 bits per heavy atom. The molecule has 5 heteroatoms. The summed E-state index contributed by atoms with van der Waals surface area (Å²) in [6.45, 7) is 5.30. The summed E-state index contributed by atoms with van der Waals surface area (Å²) in [7, 11) is -3.51. The van der Waals surface area contributed by atoms with Gasteiger partial charge >= 0.3 is 0 Å². The average Bonchev–Trinajstić information content (AvgIpc) is 2.12. The van der Waals surface area contributed by atoms with Crippen LogP contribution in [-0.2, 0) is 10.0 Å². The smallest absolute Gasteiger partial charge is 0.241 e. The third-order valence-corrected chi connectivity index (χ3v) is 4.04. The SMILES string of the molecule is Cc1cc(C)c(S(=O)(=O)NCCO)c(C)c1. The van der Waals surface area contributed by atoms with Gasteiger partial charge in [-0.25, -0.2) is 13.1 Å². The van der Waals surface area contributed by atoms with Gasteiger partial charge in [-0.2, -0.15) is 0 Å². The first-order valence-corrected chi connectivity index (χ1v) is 6.55. The highest BCUT2D eigenvalue weighted by molar-refractivity contribution is 7.89. The van der Waals surface area contributed by atoms with Crippen molar-refractivity contribution in [3.05, 3.63) is 28.8 Å². The number of hydrogen-bond acceptors (Lipinski definition) is 3. The molecule has 0 heterocycles. The van der Waals surface area contributed by atoms with Gasteiger partial charge < -0.3 is 5.11 Å². The van der Waals surface area contributed by atoms with Gasteiger partial charge in [0, 0.05) is 6.54 Å². The molecule has 0 saturated heterocycles. The van der Waals surface area contributed by atoms with Crippen LogP contribution in [0.25, 0.3) is 0 Å². The summed E-state index contributed by atoms with van der Waals surface area (Å²) in [4.78, 5) is 0.312. The summed E-state index contributed by atoms with van der Waals surface area (Å²) >= 11 is 0. The van der Waals surface area contributed by atoms with Crippen LogP contribution in [0.3, 0.4) is 0 Å². The van der Waals surface area contributed by atoms with Crippen molar-refractivity contribution >= 4 is 10.0 Å². The van der Waals surface area contributed by atoms with Gasteiger partial charge in [-0.1, -0.05) is 17.7 Å². The molecule has 0 unspecified atom stereocenters. The highest BCUT2D eigenvalue weighted by Crippen LogP contribution is 2.21. The summed E-state index contributed by atoms with van der Waals surface area (Å²) in [6, 6.07) is 3.67. The quantitative estimate of drug-likeness (QED) is 0.825. The maximum atomic E-state index is 11.9. The minimum Gasteiger partial charge on any atom is -0.395 e. The van der Waals surface area contributed by atoms with Crippen LogP contribution in [0.5, 0.6) is 0 Å². The van der Waals surface area contributed by atoms with E-state index in [1.54, 1.807) is 13.8 Å². The van der Waals surface area contributed by atoms with Crippen molar-refractivity contribution in [2.45, 2.75) is 25.7 Å². The first kappa shape index (κ1) is 13.2. The fourth-order valence-electron chi connectivity index (χ4n) is 1.84. The summed E-state index contributed by atoms with van der Waals surface area (Å²) in [5.74, 6) is 0. The molecule has 1 rings (SSSR count). The molecule has 0 radical (unpaired) electrons. The maximum absolute atomic E-state index is 11.9. The number of sulfonamides is 1. The Morgan fingerprint density at radius 1 is 1.19 bits per heavy atom. The zero-order valence-electron chi connectivity index (χ0n) is 9.74. The molecule has 0 aromatic heterocycles. The van der Waals surface area contributed by atoms with Crippen LogP contribution in [0.1, 0.15) is 16.7 Å². The van der Waals surface area contributed by atoms with Crippen LogP contribution in [0.4, 0.5) is 0 Å². The fourth-order valence-corrected chi connectivity index (χ4v) is 3.31. The van der Waals surface area contributed by atoms with Gasteiger partial charge in [0.05, 0.1) is 11.5 Å². The van der Waals surface area contributed by atoms with Crippen LogP contribution in [0.2, 0.25) is 0 Å². The first-order valence-electron chi connectivity index (χ1n) is 5.07. The van der Waals surface area contributed by atoms with Crippen LogP contribution >= 0.6 is 0 Å². The lowest BCUT2D eigenvalue weighted by Gasteiger charge is -2.12. The zero-order chi connectivity index (χ0) is 12.3. The summed E-state index contributed by atoms with van der Waals surface area (Å²) in [5.41, 5.74) is 2.49. The second-order valence-electron chi connectivity index (χ2n) is 3.85. The van der Waals surface area contributed by atoms with E-state index in [1.165, 1.54) is 0 Å². The van der Waals surface area contributed by atoms with Crippen molar-refractivity contribution in [3.8, 4) is 0 Å². The predicted octanol–water partition coefficient (Wildman–Crippen LogP) is 0.882. The molecule has 0 aliphatic heterocycles. The molecule has 0 aliphatic rings. The lowest BCUT2D eigenvalue weighted by atomic mass is 10.1. The molecule has 0 fully saturated rings. The molecule has 0 saturated carbocycles. The molecule has 0 bridgehead atoms. The molecule has 2 N–H and O–H groups in total. The predicted molar refractivity (Wildman–Crippen MR) is 62.9 cm³/mol. The number of aliphatic hydroxyl groups is 1. The molecule has 0 amide bonds. The first-order chi connectivity index (χ1) is 7.38. The standard InChI is InChI=1S/C11H17NO3S/c1-8-6-9(2)11(10(3)7-8)16(14,15)12-4-5-13/h6-7,12-13H,4-5H2,1-3H3. The monoisotopic (exact) mass is 243 g/mol. The number of hydrogen-bond donors (Lipinski definition) is 2. The summed E-state index contributed by atoms with van der Waals surface area (Å²) in [5, 5.41) is 8.63. The van der Waals surface area contributed by atoms with Crippen molar-refractivity contribution in [2.75, 3.05) is 13.2 Å². The maximum Gasteiger partial charge on any atom is 0.241 e. The Kier molecular flexibility index (Phi) is 4.07. The van der Waals surface area contributed by atoms with Crippen molar-refractivity contribution < 1.29 is 13.5 Å².